The van der Waals surface area contributed by atoms with E-state index in [1.807, 2.05) is 49.4 Å². The summed E-state index contributed by atoms with van der Waals surface area (Å²) in [6.45, 7) is 2.65. The molecule has 0 radical (unpaired) electrons. The van der Waals surface area contributed by atoms with Crippen molar-refractivity contribution < 1.29 is 9.59 Å². The molecular formula is C18H17ClN2O2. The van der Waals surface area contributed by atoms with Crippen LogP contribution >= 0.6 is 11.6 Å². The molecule has 0 saturated heterocycles. The van der Waals surface area contributed by atoms with E-state index in [9.17, 15) is 9.59 Å². The lowest BCUT2D eigenvalue weighted by molar-refractivity contribution is -0.121. The highest BCUT2D eigenvalue weighted by atomic mass is 35.5. The fourth-order valence-electron chi connectivity index (χ4n) is 2.87. The Bertz CT molecular complexity index is 747. The van der Waals surface area contributed by atoms with Gasteiger partial charge in [0.05, 0.1) is 23.8 Å². The number of carbonyl (C=O) groups excluding carboxylic acids is 2. The van der Waals surface area contributed by atoms with Gasteiger partial charge in [0, 0.05) is 11.6 Å². The van der Waals surface area contributed by atoms with Crippen LogP contribution in [0.5, 0.6) is 0 Å². The number of carbonyl (C=O) groups is 2. The molecule has 0 aromatic heterocycles. The molecule has 0 spiro atoms. The Labute approximate surface area is 140 Å². The number of fused-ring (bicyclic) bond motifs is 1. The van der Waals surface area contributed by atoms with Gasteiger partial charge in [-0.05, 0) is 29.8 Å². The van der Waals surface area contributed by atoms with E-state index in [0.717, 1.165) is 23.3 Å². The molecule has 0 bridgehead atoms. The van der Waals surface area contributed by atoms with E-state index in [-0.39, 0.29) is 11.8 Å². The largest absolute Gasteiger partial charge is 0.312 e. The molecule has 2 aromatic rings. The predicted molar refractivity (Wildman–Crippen MR) is 91.7 cm³/mol. The molecule has 0 saturated carbocycles. The van der Waals surface area contributed by atoms with Crippen molar-refractivity contribution in [2.24, 2.45) is 5.92 Å². The summed E-state index contributed by atoms with van der Waals surface area (Å²) in [6, 6.07) is 14.9. The maximum atomic E-state index is 12.8. The molecule has 1 unspecified atom stereocenters. The monoisotopic (exact) mass is 328 g/mol. The molecule has 1 aliphatic rings. The molecule has 4 nitrogen and oxygen atoms in total. The lowest BCUT2D eigenvalue weighted by atomic mass is 10.1. The summed E-state index contributed by atoms with van der Waals surface area (Å²) < 4.78 is 0. The van der Waals surface area contributed by atoms with Crippen molar-refractivity contribution in [2.75, 3.05) is 16.3 Å². The summed E-state index contributed by atoms with van der Waals surface area (Å²) in [5, 5.41) is 0.639. The van der Waals surface area contributed by atoms with Gasteiger partial charge in [0.2, 0.25) is 12.3 Å². The fourth-order valence-corrected chi connectivity index (χ4v) is 3.09. The van der Waals surface area contributed by atoms with Crippen LogP contribution in [0.3, 0.4) is 0 Å². The zero-order chi connectivity index (χ0) is 16.4. The minimum atomic E-state index is -0.271. The molecule has 5 heteroatoms. The lowest BCUT2D eigenvalue weighted by Gasteiger charge is -2.24. The quantitative estimate of drug-likeness (QED) is 0.809. The van der Waals surface area contributed by atoms with Crippen LogP contribution < -0.4 is 9.80 Å². The van der Waals surface area contributed by atoms with Gasteiger partial charge in [0.1, 0.15) is 0 Å². The molecule has 118 valence electrons. The van der Waals surface area contributed by atoms with E-state index < -0.39 is 0 Å². The molecule has 0 N–H and O–H groups in total. The number of anilines is 2. The third-order valence-corrected chi connectivity index (χ3v) is 4.23. The second-order valence-electron chi connectivity index (χ2n) is 5.70. The molecule has 3 rings (SSSR count). The van der Waals surface area contributed by atoms with Gasteiger partial charge >= 0.3 is 0 Å². The van der Waals surface area contributed by atoms with Crippen LogP contribution in [-0.2, 0) is 16.1 Å². The van der Waals surface area contributed by atoms with E-state index >= 15 is 0 Å². The number of nitrogens with zero attached hydrogens (tertiary/aromatic N) is 2. The van der Waals surface area contributed by atoms with Crippen LogP contribution in [0.25, 0.3) is 0 Å². The maximum absolute atomic E-state index is 12.8. The first-order valence-corrected chi connectivity index (χ1v) is 7.84. The first-order chi connectivity index (χ1) is 11.1. The maximum Gasteiger partial charge on any atom is 0.231 e. The normalized spacial score (nSPS) is 17.7. The van der Waals surface area contributed by atoms with E-state index in [0.29, 0.717) is 18.1 Å². The van der Waals surface area contributed by atoms with Crippen LogP contribution in [0, 0.1) is 5.92 Å². The van der Waals surface area contributed by atoms with Crippen LogP contribution in [0.4, 0.5) is 11.4 Å². The van der Waals surface area contributed by atoms with Gasteiger partial charge in [-0.25, -0.2) is 0 Å². The van der Waals surface area contributed by atoms with E-state index in [2.05, 4.69) is 0 Å². The topological polar surface area (TPSA) is 40.6 Å². The molecule has 23 heavy (non-hydrogen) atoms. The Hall–Kier alpha value is -2.33. The second kappa shape index (κ2) is 6.42. The number of para-hydroxylation sites is 2. The summed E-state index contributed by atoms with van der Waals surface area (Å²) in [6.07, 6.45) is 0.783. The number of hydrogen-bond donors (Lipinski definition) is 0. The van der Waals surface area contributed by atoms with Gasteiger partial charge in [-0.1, -0.05) is 42.8 Å². The molecule has 1 heterocycles. The van der Waals surface area contributed by atoms with Crippen LogP contribution in [0.2, 0.25) is 5.02 Å². The highest BCUT2D eigenvalue weighted by Gasteiger charge is 2.30. The number of amides is 2. The van der Waals surface area contributed by atoms with Crippen LogP contribution in [-0.4, -0.2) is 18.9 Å². The summed E-state index contributed by atoms with van der Waals surface area (Å²) in [7, 11) is 0. The van der Waals surface area contributed by atoms with Gasteiger partial charge in [0.15, 0.2) is 0 Å². The Morgan fingerprint density at radius 2 is 1.91 bits per heavy atom. The number of hydrogen-bond acceptors (Lipinski definition) is 2. The summed E-state index contributed by atoms with van der Waals surface area (Å²) >= 11 is 6.05. The van der Waals surface area contributed by atoms with Crippen molar-refractivity contribution in [3.63, 3.8) is 0 Å². The summed E-state index contributed by atoms with van der Waals surface area (Å²) in [4.78, 5) is 27.5. The average Bonchev–Trinajstić information content (AvgIpc) is 2.65. The van der Waals surface area contributed by atoms with E-state index in [1.165, 1.54) is 0 Å². The number of rotatable bonds is 3. The SMILES string of the molecule is CC1CN(C=O)c2ccccc2N(Cc2cccc(Cl)c2)C1=O. The predicted octanol–water partition coefficient (Wildman–Crippen LogP) is 3.49. The Morgan fingerprint density at radius 1 is 1.17 bits per heavy atom. The highest BCUT2D eigenvalue weighted by Crippen LogP contribution is 2.34. The smallest absolute Gasteiger partial charge is 0.231 e. The van der Waals surface area contributed by atoms with Crippen molar-refractivity contribution in [3.8, 4) is 0 Å². The minimum Gasteiger partial charge on any atom is -0.312 e. The Morgan fingerprint density at radius 3 is 2.61 bits per heavy atom. The van der Waals surface area contributed by atoms with Crippen LogP contribution in [0.15, 0.2) is 48.5 Å². The van der Waals surface area contributed by atoms with Gasteiger partial charge in [0.25, 0.3) is 0 Å². The fraction of sp³-hybridized carbons (Fsp3) is 0.222. The molecule has 0 fully saturated rings. The third-order valence-electron chi connectivity index (χ3n) is 4.00. The first-order valence-electron chi connectivity index (χ1n) is 7.47. The number of halogens is 1. The molecule has 1 aliphatic heterocycles. The van der Waals surface area contributed by atoms with Gasteiger partial charge in [-0.2, -0.15) is 0 Å². The summed E-state index contributed by atoms with van der Waals surface area (Å²) in [5.74, 6) is -0.270. The Balaban J connectivity index is 2.05. The Kier molecular flexibility index (Phi) is 4.35. The first kappa shape index (κ1) is 15.6. The average molecular weight is 329 g/mol. The minimum absolute atomic E-state index is 0.00164. The zero-order valence-electron chi connectivity index (χ0n) is 12.8. The molecule has 2 aromatic carbocycles. The van der Waals surface area contributed by atoms with E-state index in [4.69, 9.17) is 11.6 Å². The van der Waals surface area contributed by atoms with Crippen LogP contribution in [0.1, 0.15) is 12.5 Å². The van der Waals surface area contributed by atoms with Gasteiger partial charge < -0.3 is 9.80 Å². The second-order valence-corrected chi connectivity index (χ2v) is 6.14. The van der Waals surface area contributed by atoms with Crippen molar-refractivity contribution in [3.05, 3.63) is 59.1 Å². The number of benzene rings is 2. The van der Waals surface area contributed by atoms with Crippen molar-refractivity contribution in [2.45, 2.75) is 13.5 Å². The van der Waals surface area contributed by atoms with Crippen molar-refractivity contribution >= 4 is 35.3 Å². The molecule has 2 amide bonds. The highest BCUT2D eigenvalue weighted by molar-refractivity contribution is 6.30. The zero-order valence-corrected chi connectivity index (χ0v) is 13.5. The third kappa shape index (κ3) is 3.08. The van der Waals surface area contributed by atoms with E-state index in [1.54, 1.807) is 15.9 Å². The standard InChI is InChI=1S/C18H17ClN2O2/c1-13-10-20(12-22)16-7-2-3-8-17(16)21(18(13)23)11-14-5-4-6-15(19)9-14/h2-9,12-13H,10-11H2,1H3. The van der Waals surface area contributed by atoms with Gasteiger partial charge in [-0.3, -0.25) is 9.59 Å². The van der Waals surface area contributed by atoms with Crippen molar-refractivity contribution in [1.82, 2.24) is 0 Å². The van der Waals surface area contributed by atoms with Crippen molar-refractivity contribution in [1.29, 1.82) is 0 Å². The molecule has 0 aliphatic carbocycles. The van der Waals surface area contributed by atoms with Gasteiger partial charge in [-0.15, -0.1) is 0 Å². The summed E-state index contributed by atoms with van der Waals surface area (Å²) in [5.41, 5.74) is 2.45. The lowest BCUT2D eigenvalue weighted by Crippen LogP contribution is -2.36. The molecule has 1 atom stereocenters. The molecular weight excluding hydrogens is 312 g/mol.